The third-order valence-corrected chi connectivity index (χ3v) is 6.22. The van der Waals surface area contributed by atoms with Gasteiger partial charge in [-0.3, -0.25) is 4.79 Å². The van der Waals surface area contributed by atoms with Crippen LogP contribution in [0.3, 0.4) is 0 Å². The molecular formula is C19H24BClF3NO3. The van der Waals surface area contributed by atoms with E-state index in [9.17, 15) is 18.0 Å². The summed E-state index contributed by atoms with van der Waals surface area (Å²) < 4.78 is 51.8. The Morgan fingerprint density at radius 2 is 1.79 bits per heavy atom. The highest BCUT2D eigenvalue weighted by Gasteiger charge is 2.52. The number of benzene rings is 1. The first-order valence-electron chi connectivity index (χ1n) is 9.36. The van der Waals surface area contributed by atoms with Crippen molar-refractivity contribution >= 4 is 30.1 Å². The fraction of sp³-hybridized carbons (Fsp3) is 0.632. The average molecular weight is 418 g/mol. The summed E-state index contributed by atoms with van der Waals surface area (Å²) in [5, 5.41) is 0.227. The number of amides is 1. The highest BCUT2D eigenvalue weighted by Crippen LogP contribution is 2.37. The zero-order chi connectivity index (χ0) is 20.9. The van der Waals surface area contributed by atoms with Crippen LogP contribution in [0.4, 0.5) is 13.2 Å². The van der Waals surface area contributed by atoms with E-state index in [1.54, 1.807) is 6.07 Å². The van der Waals surface area contributed by atoms with Crippen LogP contribution in [0.2, 0.25) is 5.02 Å². The van der Waals surface area contributed by atoms with Crippen LogP contribution in [0.15, 0.2) is 18.2 Å². The topological polar surface area (TPSA) is 38.8 Å². The number of alkyl halides is 3. The Balaban J connectivity index is 1.83. The van der Waals surface area contributed by atoms with Gasteiger partial charge in [-0.1, -0.05) is 17.7 Å². The monoisotopic (exact) mass is 417 g/mol. The number of piperidine rings is 1. The maximum atomic E-state index is 13.3. The van der Waals surface area contributed by atoms with Gasteiger partial charge < -0.3 is 14.2 Å². The Labute approximate surface area is 168 Å². The second-order valence-electron chi connectivity index (χ2n) is 8.38. The van der Waals surface area contributed by atoms with Gasteiger partial charge in [-0.25, -0.2) is 0 Å². The first-order valence-corrected chi connectivity index (χ1v) is 9.74. The standard InChI is InChI=1S/C19H24BClF3NO3/c1-17(2)18(3,4)28-20(27-17)13-9-8-12(11-14(13)21)16(26)25-10-6-5-7-15(25)19(22,23)24/h8-9,11,15H,5-7,10H2,1-4H3. The van der Waals surface area contributed by atoms with E-state index in [-0.39, 0.29) is 23.6 Å². The molecule has 1 aromatic rings. The van der Waals surface area contributed by atoms with E-state index in [0.29, 0.717) is 18.3 Å². The number of carbonyl (C=O) groups excluding carboxylic acids is 1. The van der Waals surface area contributed by atoms with Gasteiger partial charge in [0.15, 0.2) is 0 Å². The minimum absolute atomic E-state index is 0.0744. The van der Waals surface area contributed by atoms with Crippen LogP contribution in [0, 0.1) is 0 Å². The number of likely N-dealkylation sites (tertiary alicyclic amines) is 1. The third-order valence-electron chi connectivity index (χ3n) is 5.90. The molecule has 0 N–H and O–H groups in total. The summed E-state index contributed by atoms with van der Waals surface area (Å²) in [4.78, 5) is 13.7. The molecule has 1 amide bonds. The van der Waals surface area contributed by atoms with E-state index in [0.717, 1.165) is 4.90 Å². The minimum Gasteiger partial charge on any atom is -0.399 e. The molecule has 2 saturated heterocycles. The van der Waals surface area contributed by atoms with E-state index >= 15 is 0 Å². The Bertz CT molecular complexity index is 753. The summed E-state index contributed by atoms with van der Waals surface area (Å²) in [6.45, 7) is 7.72. The summed E-state index contributed by atoms with van der Waals surface area (Å²) in [5.74, 6) is -0.663. The number of rotatable bonds is 2. The van der Waals surface area contributed by atoms with Crippen molar-refractivity contribution in [1.82, 2.24) is 4.90 Å². The van der Waals surface area contributed by atoms with Crippen molar-refractivity contribution in [2.75, 3.05) is 6.54 Å². The molecule has 2 heterocycles. The zero-order valence-electron chi connectivity index (χ0n) is 16.4. The number of carbonyl (C=O) groups is 1. The van der Waals surface area contributed by atoms with Crippen LogP contribution < -0.4 is 5.46 Å². The molecule has 0 bridgehead atoms. The van der Waals surface area contributed by atoms with E-state index < -0.39 is 36.4 Å². The Morgan fingerprint density at radius 3 is 2.32 bits per heavy atom. The van der Waals surface area contributed by atoms with Gasteiger partial charge in [0.1, 0.15) is 6.04 Å². The second kappa shape index (κ2) is 7.22. The van der Waals surface area contributed by atoms with Gasteiger partial charge >= 0.3 is 13.3 Å². The molecule has 0 spiro atoms. The van der Waals surface area contributed by atoms with Crippen molar-refractivity contribution in [1.29, 1.82) is 0 Å². The second-order valence-corrected chi connectivity index (χ2v) is 8.78. The molecule has 0 aromatic heterocycles. The van der Waals surface area contributed by atoms with Crippen LogP contribution in [-0.2, 0) is 9.31 Å². The molecule has 9 heteroatoms. The van der Waals surface area contributed by atoms with Gasteiger partial charge in [-0.15, -0.1) is 0 Å². The molecule has 2 aliphatic rings. The quantitative estimate of drug-likeness (QED) is 0.677. The van der Waals surface area contributed by atoms with E-state index in [4.69, 9.17) is 20.9 Å². The first kappa shape index (κ1) is 21.5. The normalized spacial score (nSPS) is 24.5. The smallest absolute Gasteiger partial charge is 0.399 e. The molecule has 2 aliphatic heterocycles. The molecular weight excluding hydrogens is 393 g/mol. The van der Waals surface area contributed by atoms with Crippen LogP contribution in [0.5, 0.6) is 0 Å². The fourth-order valence-electron chi connectivity index (χ4n) is 3.50. The van der Waals surface area contributed by atoms with Crippen molar-refractivity contribution < 1.29 is 27.3 Å². The lowest BCUT2D eigenvalue weighted by Gasteiger charge is -2.36. The van der Waals surface area contributed by atoms with Gasteiger partial charge in [0, 0.05) is 22.6 Å². The Morgan fingerprint density at radius 1 is 1.18 bits per heavy atom. The van der Waals surface area contributed by atoms with Gasteiger partial charge in [-0.05, 0) is 59.1 Å². The Hall–Kier alpha value is -1.25. The SMILES string of the molecule is CC1(C)OB(c2ccc(C(=O)N3CCCCC3C(F)(F)F)cc2Cl)OC1(C)C. The summed E-state index contributed by atoms with van der Waals surface area (Å²) in [5.41, 5.74) is -0.434. The van der Waals surface area contributed by atoms with Crippen molar-refractivity contribution in [2.24, 2.45) is 0 Å². The number of hydrogen-bond donors (Lipinski definition) is 0. The average Bonchev–Trinajstić information content (AvgIpc) is 2.80. The number of halogens is 4. The summed E-state index contributed by atoms with van der Waals surface area (Å²) in [6, 6.07) is 2.71. The summed E-state index contributed by atoms with van der Waals surface area (Å²) in [7, 11) is -0.709. The predicted molar refractivity (Wildman–Crippen MR) is 102 cm³/mol. The summed E-state index contributed by atoms with van der Waals surface area (Å²) >= 11 is 6.35. The molecule has 1 aromatic carbocycles. The molecule has 154 valence electrons. The molecule has 1 atom stereocenters. The highest BCUT2D eigenvalue weighted by atomic mass is 35.5. The van der Waals surface area contributed by atoms with Crippen molar-refractivity contribution in [3.05, 3.63) is 28.8 Å². The maximum Gasteiger partial charge on any atom is 0.496 e. The molecule has 28 heavy (non-hydrogen) atoms. The largest absolute Gasteiger partial charge is 0.496 e. The molecule has 3 rings (SSSR count). The van der Waals surface area contributed by atoms with Crippen LogP contribution in [0.25, 0.3) is 0 Å². The van der Waals surface area contributed by atoms with Crippen molar-refractivity contribution in [2.45, 2.75) is 70.4 Å². The van der Waals surface area contributed by atoms with Gasteiger partial charge in [0.05, 0.1) is 11.2 Å². The highest BCUT2D eigenvalue weighted by molar-refractivity contribution is 6.65. The molecule has 1 unspecified atom stereocenters. The van der Waals surface area contributed by atoms with E-state index in [1.807, 2.05) is 27.7 Å². The zero-order valence-corrected chi connectivity index (χ0v) is 17.2. The molecule has 4 nitrogen and oxygen atoms in total. The van der Waals surface area contributed by atoms with E-state index in [1.165, 1.54) is 12.1 Å². The predicted octanol–water partition coefficient (Wildman–Crippen LogP) is 4.20. The van der Waals surface area contributed by atoms with Crippen LogP contribution >= 0.6 is 11.6 Å². The van der Waals surface area contributed by atoms with Gasteiger partial charge in [0.2, 0.25) is 0 Å². The fourth-order valence-corrected chi connectivity index (χ4v) is 3.77. The van der Waals surface area contributed by atoms with E-state index in [2.05, 4.69) is 0 Å². The van der Waals surface area contributed by atoms with Crippen molar-refractivity contribution in [3.8, 4) is 0 Å². The Kier molecular flexibility index (Phi) is 5.53. The third kappa shape index (κ3) is 3.91. The van der Waals surface area contributed by atoms with Crippen LogP contribution in [-0.4, -0.2) is 47.9 Å². The molecule has 0 radical (unpaired) electrons. The van der Waals surface area contributed by atoms with Gasteiger partial charge in [-0.2, -0.15) is 13.2 Å². The number of hydrogen-bond acceptors (Lipinski definition) is 3. The van der Waals surface area contributed by atoms with Crippen molar-refractivity contribution in [3.63, 3.8) is 0 Å². The molecule has 0 aliphatic carbocycles. The first-order chi connectivity index (χ1) is 12.8. The minimum atomic E-state index is -4.44. The lowest BCUT2D eigenvalue weighted by Crippen LogP contribution is -2.51. The maximum absolute atomic E-state index is 13.3. The summed E-state index contributed by atoms with van der Waals surface area (Å²) in [6.07, 6.45) is -3.51. The van der Waals surface area contributed by atoms with Gasteiger partial charge in [0.25, 0.3) is 5.91 Å². The number of nitrogens with zero attached hydrogens (tertiary/aromatic N) is 1. The molecule has 0 saturated carbocycles. The lowest BCUT2D eigenvalue weighted by atomic mass is 9.78. The lowest BCUT2D eigenvalue weighted by molar-refractivity contribution is -0.183. The van der Waals surface area contributed by atoms with Crippen LogP contribution in [0.1, 0.15) is 57.3 Å². The molecule has 2 fully saturated rings.